The van der Waals surface area contributed by atoms with Crippen LogP contribution in [-0.2, 0) is 14.3 Å². The Bertz CT molecular complexity index is 635. The van der Waals surface area contributed by atoms with E-state index in [1.54, 1.807) is 26.0 Å². The summed E-state index contributed by atoms with van der Waals surface area (Å²) in [6.07, 6.45) is -1.36. The molecule has 132 valence electrons. The maximum Gasteiger partial charge on any atom is 0.263 e. The molecule has 7 heteroatoms. The molecule has 3 rings (SSSR count). The average Bonchev–Trinajstić information content (AvgIpc) is 3.07. The molecule has 0 unspecified atom stereocenters. The molecule has 0 spiro atoms. The predicted octanol–water partition coefficient (Wildman–Crippen LogP) is 1.45. The van der Waals surface area contributed by atoms with E-state index in [4.69, 9.17) is 25.8 Å². The maximum absolute atomic E-state index is 12.6. The molecular weight excluding hydrogens is 334 g/mol. The van der Waals surface area contributed by atoms with Gasteiger partial charge in [-0.25, -0.2) is 0 Å². The molecule has 2 saturated heterocycles. The van der Waals surface area contributed by atoms with Crippen LogP contribution in [0.3, 0.4) is 0 Å². The largest absolute Gasteiger partial charge is 0.476 e. The zero-order valence-electron chi connectivity index (χ0n) is 13.9. The first-order valence-electron chi connectivity index (χ1n) is 7.95. The van der Waals surface area contributed by atoms with E-state index in [1.165, 1.54) is 0 Å². The van der Waals surface area contributed by atoms with Crippen LogP contribution in [-0.4, -0.2) is 54.2 Å². The van der Waals surface area contributed by atoms with Crippen LogP contribution in [0.15, 0.2) is 18.2 Å². The second-order valence-electron chi connectivity index (χ2n) is 6.79. The Hall–Kier alpha value is -1.34. The van der Waals surface area contributed by atoms with Crippen LogP contribution in [0.2, 0.25) is 5.02 Å². The van der Waals surface area contributed by atoms with E-state index in [2.05, 4.69) is 5.32 Å². The SMILES string of the molecule is Cc1ccc(Cl)c(OC(C)(C)C(=O)N[C@H]2CO[C@H]3[C@@H]2OC[C@@H]3O)c1. The first-order chi connectivity index (χ1) is 11.3. The van der Waals surface area contributed by atoms with Crippen molar-refractivity contribution in [1.29, 1.82) is 0 Å². The van der Waals surface area contributed by atoms with Gasteiger partial charge >= 0.3 is 0 Å². The van der Waals surface area contributed by atoms with E-state index < -0.39 is 11.7 Å². The van der Waals surface area contributed by atoms with Gasteiger partial charge in [-0.2, -0.15) is 0 Å². The van der Waals surface area contributed by atoms with E-state index in [0.717, 1.165) is 5.56 Å². The number of benzene rings is 1. The minimum Gasteiger partial charge on any atom is -0.476 e. The average molecular weight is 356 g/mol. The fourth-order valence-corrected chi connectivity index (χ4v) is 3.11. The number of rotatable bonds is 4. The van der Waals surface area contributed by atoms with Crippen molar-refractivity contribution in [2.24, 2.45) is 0 Å². The summed E-state index contributed by atoms with van der Waals surface area (Å²) < 4.78 is 16.9. The Kier molecular flexibility index (Phi) is 4.75. The lowest BCUT2D eigenvalue weighted by molar-refractivity contribution is -0.135. The van der Waals surface area contributed by atoms with Gasteiger partial charge in [-0.15, -0.1) is 0 Å². The summed E-state index contributed by atoms with van der Waals surface area (Å²) in [5.74, 6) is 0.171. The maximum atomic E-state index is 12.6. The van der Waals surface area contributed by atoms with Crippen LogP contribution in [0.4, 0.5) is 0 Å². The smallest absolute Gasteiger partial charge is 0.263 e. The van der Waals surface area contributed by atoms with Crippen LogP contribution in [0.25, 0.3) is 0 Å². The lowest BCUT2D eigenvalue weighted by atomic mass is 10.0. The molecule has 1 amide bonds. The van der Waals surface area contributed by atoms with E-state index in [-0.39, 0.29) is 30.8 Å². The van der Waals surface area contributed by atoms with Crippen molar-refractivity contribution in [2.75, 3.05) is 13.2 Å². The fourth-order valence-electron chi connectivity index (χ4n) is 2.95. The van der Waals surface area contributed by atoms with Crippen molar-refractivity contribution in [1.82, 2.24) is 5.32 Å². The molecule has 0 saturated carbocycles. The minimum atomic E-state index is -1.12. The highest BCUT2D eigenvalue weighted by Gasteiger charge is 2.48. The second kappa shape index (κ2) is 6.52. The van der Waals surface area contributed by atoms with Gasteiger partial charge in [0.1, 0.15) is 24.1 Å². The standard InChI is InChI=1S/C17H22ClNO5/c1-9-4-5-10(18)13(6-9)24-17(2,3)16(21)19-11-7-22-15-12(20)8-23-14(11)15/h4-6,11-12,14-15,20H,7-8H2,1-3H3,(H,19,21)/t11-,12-,14+,15+/m0/s1. The van der Waals surface area contributed by atoms with Gasteiger partial charge in [0.2, 0.25) is 0 Å². The van der Waals surface area contributed by atoms with Crippen molar-refractivity contribution >= 4 is 17.5 Å². The number of aliphatic hydroxyl groups excluding tert-OH is 1. The monoisotopic (exact) mass is 355 g/mol. The number of aliphatic hydroxyl groups is 1. The highest BCUT2D eigenvalue weighted by atomic mass is 35.5. The van der Waals surface area contributed by atoms with Crippen molar-refractivity contribution in [3.05, 3.63) is 28.8 Å². The molecule has 2 N–H and O–H groups in total. The molecule has 2 heterocycles. The number of hydrogen-bond donors (Lipinski definition) is 2. The molecule has 0 radical (unpaired) electrons. The zero-order valence-corrected chi connectivity index (χ0v) is 14.7. The number of hydrogen-bond acceptors (Lipinski definition) is 5. The second-order valence-corrected chi connectivity index (χ2v) is 7.20. The van der Waals surface area contributed by atoms with Gasteiger partial charge in [-0.1, -0.05) is 17.7 Å². The number of carbonyl (C=O) groups is 1. The fraction of sp³-hybridized carbons (Fsp3) is 0.588. The predicted molar refractivity (Wildman–Crippen MR) is 88.3 cm³/mol. The molecule has 0 bridgehead atoms. The summed E-state index contributed by atoms with van der Waals surface area (Å²) in [4.78, 5) is 12.6. The van der Waals surface area contributed by atoms with E-state index >= 15 is 0 Å². The molecule has 24 heavy (non-hydrogen) atoms. The Balaban J connectivity index is 1.66. The quantitative estimate of drug-likeness (QED) is 0.854. The van der Waals surface area contributed by atoms with Crippen molar-refractivity contribution in [2.45, 2.75) is 50.7 Å². The zero-order chi connectivity index (χ0) is 17.5. The molecule has 4 atom stereocenters. The van der Waals surface area contributed by atoms with Crippen LogP contribution >= 0.6 is 11.6 Å². The number of nitrogens with one attached hydrogen (secondary N) is 1. The Morgan fingerprint density at radius 2 is 2.04 bits per heavy atom. The Labute approximate surface area is 146 Å². The molecule has 0 aliphatic carbocycles. The molecule has 1 aromatic rings. The molecule has 2 aliphatic rings. The van der Waals surface area contributed by atoms with E-state index in [9.17, 15) is 9.90 Å². The highest BCUT2D eigenvalue weighted by Crippen LogP contribution is 2.30. The van der Waals surface area contributed by atoms with Gasteiger partial charge in [0.05, 0.1) is 24.3 Å². The molecule has 2 fully saturated rings. The third-order valence-electron chi connectivity index (χ3n) is 4.34. The molecule has 1 aromatic carbocycles. The Morgan fingerprint density at radius 3 is 2.79 bits per heavy atom. The number of aryl methyl sites for hydroxylation is 1. The first kappa shape index (κ1) is 17.5. The summed E-state index contributed by atoms with van der Waals surface area (Å²) >= 11 is 6.14. The number of ether oxygens (including phenoxy) is 3. The van der Waals surface area contributed by atoms with E-state index in [1.807, 2.05) is 13.0 Å². The summed E-state index contributed by atoms with van der Waals surface area (Å²) in [5.41, 5.74) is -0.127. The van der Waals surface area contributed by atoms with Crippen molar-refractivity contribution in [3.63, 3.8) is 0 Å². The highest BCUT2D eigenvalue weighted by molar-refractivity contribution is 6.32. The number of halogens is 1. The lowest BCUT2D eigenvalue weighted by Crippen LogP contribution is -2.53. The summed E-state index contributed by atoms with van der Waals surface area (Å²) in [6, 6.07) is 5.10. The van der Waals surface area contributed by atoms with Crippen LogP contribution in [0.1, 0.15) is 19.4 Å². The first-order valence-corrected chi connectivity index (χ1v) is 8.33. The minimum absolute atomic E-state index is 0.223. The van der Waals surface area contributed by atoms with Crippen molar-refractivity contribution < 1.29 is 24.1 Å². The topological polar surface area (TPSA) is 77.0 Å². The van der Waals surface area contributed by atoms with Crippen molar-refractivity contribution in [3.8, 4) is 5.75 Å². The number of fused-ring (bicyclic) bond motifs is 1. The van der Waals surface area contributed by atoms with Crippen LogP contribution in [0.5, 0.6) is 5.75 Å². The molecule has 0 aromatic heterocycles. The normalized spacial score (nSPS) is 29.4. The van der Waals surface area contributed by atoms with Gasteiger partial charge in [-0.05, 0) is 38.5 Å². The van der Waals surface area contributed by atoms with Gasteiger partial charge in [0, 0.05) is 0 Å². The van der Waals surface area contributed by atoms with Crippen LogP contribution < -0.4 is 10.1 Å². The summed E-state index contributed by atoms with van der Waals surface area (Å²) in [6.45, 7) is 5.81. The van der Waals surface area contributed by atoms with E-state index in [0.29, 0.717) is 17.4 Å². The third kappa shape index (κ3) is 3.37. The number of amides is 1. The molecular formula is C17H22ClNO5. The number of carbonyl (C=O) groups excluding carboxylic acids is 1. The summed E-state index contributed by atoms with van der Waals surface area (Å²) in [5, 5.41) is 13.1. The lowest BCUT2D eigenvalue weighted by Gasteiger charge is -2.28. The molecule has 2 aliphatic heterocycles. The van der Waals surface area contributed by atoms with Crippen LogP contribution in [0, 0.1) is 6.92 Å². The van der Waals surface area contributed by atoms with Gasteiger partial charge < -0.3 is 24.6 Å². The van der Waals surface area contributed by atoms with Gasteiger partial charge in [-0.3, -0.25) is 4.79 Å². The molecule has 6 nitrogen and oxygen atoms in total. The summed E-state index contributed by atoms with van der Waals surface area (Å²) in [7, 11) is 0. The van der Waals surface area contributed by atoms with Gasteiger partial charge in [0.25, 0.3) is 5.91 Å². The Morgan fingerprint density at radius 1 is 1.33 bits per heavy atom. The third-order valence-corrected chi connectivity index (χ3v) is 4.65. The van der Waals surface area contributed by atoms with Gasteiger partial charge in [0.15, 0.2) is 5.60 Å².